The van der Waals surface area contributed by atoms with Gasteiger partial charge in [-0.1, -0.05) is 33.8 Å². The highest BCUT2D eigenvalue weighted by Gasteiger charge is 2.32. The molecule has 0 aliphatic rings. The molecule has 0 bridgehead atoms. The van der Waals surface area contributed by atoms with E-state index in [-0.39, 0.29) is 36.7 Å². The van der Waals surface area contributed by atoms with E-state index in [0.717, 1.165) is 0 Å². The van der Waals surface area contributed by atoms with Gasteiger partial charge in [0.2, 0.25) is 23.6 Å². The number of tetrazole rings is 1. The van der Waals surface area contributed by atoms with Crippen LogP contribution in [0.2, 0.25) is 0 Å². The largest absolute Gasteiger partial charge is 0.478 e. The normalized spacial score (nSPS) is 13.0. The molecule has 17 nitrogen and oxygen atoms in total. The van der Waals surface area contributed by atoms with Crippen LogP contribution in [0, 0.1) is 11.8 Å². The van der Waals surface area contributed by atoms with E-state index >= 15 is 0 Å². The number of hydrogen-bond donors (Lipinski definition) is 8. The molecular formula is C26H37N9O8. The van der Waals surface area contributed by atoms with Crippen LogP contribution in [0.25, 0.3) is 0 Å². The van der Waals surface area contributed by atoms with Crippen molar-refractivity contribution in [1.29, 1.82) is 0 Å². The van der Waals surface area contributed by atoms with Crippen molar-refractivity contribution in [2.24, 2.45) is 11.8 Å². The summed E-state index contributed by atoms with van der Waals surface area (Å²) in [5, 5.41) is 43.6. The number of anilines is 1. The Hall–Kier alpha value is -4.93. The molecule has 3 atom stereocenters. The number of carboxylic acid groups (broad SMARTS) is 1. The first-order chi connectivity index (χ1) is 20.3. The van der Waals surface area contributed by atoms with E-state index in [0.29, 0.717) is 5.69 Å². The predicted octanol–water partition coefficient (Wildman–Crippen LogP) is -1.19. The summed E-state index contributed by atoms with van der Waals surface area (Å²) in [4.78, 5) is 74.6. The number of carbonyl (C=O) groups is 6. The fraction of sp³-hybridized carbons (Fsp3) is 0.500. The number of carboxylic acids is 1. The van der Waals surface area contributed by atoms with E-state index in [1.54, 1.807) is 13.8 Å². The van der Waals surface area contributed by atoms with Crippen LogP contribution in [0.1, 0.15) is 61.5 Å². The fourth-order valence-corrected chi connectivity index (χ4v) is 3.80. The highest BCUT2D eigenvalue weighted by molar-refractivity contribution is 5.97. The number of hydrogen-bond acceptors (Lipinski definition) is 10. The topological polar surface area (TPSA) is 257 Å². The lowest BCUT2D eigenvalue weighted by atomic mass is 9.99. The molecule has 0 unspecified atom stereocenters. The summed E-state index contributed by atoms with van der Waals surface area (Å²) in [5.74, 6) is -5.33. The Balaban J connectivity index is 1.97. The molecule has 43 heavy (non-hydrogen) atoms. The maximum atomic E-state index is 13.2. The zero-order chi connectivity index (χ0) is 32.1. The summed E-state index contributed by atoms with van der Waals surface area (Å²) < 4.78 is 0. The van der Waals surface area contributed by atoms with Crippen molar-refractivity contribution in [3.8, 4) is 0 Å². The fourth-order valence-electron chi connectivity index (χ4n) is 3.80. The van der Waals surface area contributed by atoms with Crippen molar-refractivity contribution in [3.63, 3.8) is 0 Å². The SMILES string of the molecule is CC(C)C[C@H](NC(=O)[C@@H](NC(=O)[C@H](CO)NC(=O)c1nn[nH]n1)C(C)C)C(=O)NCCC(=O)Nc1cccc(C(=O)O)c1. The monoisotopic (exact) mass is 603 g/mol. The van der Waals surface area contributed by atoms with E-state index in [9.17, 15) is 33.9 Å². The molecule has 0 spiro atoms. The minimum atomic E-state index is -1.42. The lowest BCUT2D eigenvalue weighted by Crippen LogP contribution is -2.59. The summed E-state index contributed by atoms with van der Waals surface area (Å²) in [6.07, 6.45) is 0.138. The van der Waals surface area contributed by atoms with Crippen molar-refractivity contribution in [2.45, 2.75) is 58.7 Å². The molecule has 17 heteroatoms. The Bertz CT molecular complexity index is 1280. The first kappa shape index (κ1) is 34.3. The number of aromatic amines is 1. The van der Waals surface area contributed by atoms with Crippen LogP contribution in [0.5, 0.6) is 0 Å². The zero-order valence-corrected chi connectivity index (χ0v) is 24.2. The maximum Gasteiger partial charge on any atom is 0.335 e. The number of rotatable bonds is 16. The molecule has 0 fully saturated rings. The van der Waals surface area contributed by atoms with E-state index in [2.05, 4.69) is 47.2 Å². The number of nitrogens with one attached hydrogen (secondary N) is 6. The number of carbonyl (C=O) groups excluding carboxylic acids is 5. The van der Waals surface area contributed by atoms with Gasteiger partial charge in [0.25, 0.3) is 11.7 Å². The molecular weight excluding hydrogens is 566 g/mol. The average molecular weight is 604 g/mol. The molecule has 1 heterocycles. The summed E-state index contributed by atoms with van der Waals surface area (Å²) in [7, 11) is 0. The number of aliphatic hydroxyl groups is 1. The lowest BCUT2D eigenvalue weighted by molar-refractivity contribution is -0.134. The van der Waals surface area contributed by atoms with E-state index in [1.807, 2.05) is 13.8 Å². The van der Waals surface area contributed by atoms with Crippen molar-refractivity contribution in [1.82, 2.24) is 41.9 Å². The van der Waals surface area contributed by atoms with Gasteiger partial charge in [0.15, 0.2) is 0 Å². The Kier molecular flexibility index (Phi) is 13.1. The second-order valence-corrected chi connectivity index (χ2v) is 10.3. The summed E-state index contributed by atoms with van der Waals surface area (Å²) in [6.45, 7) is 6.20. The van der Waals surface area contributed by atoms with Crippen molar-refractivity contribution in [3.05, 3.63) is 35.7 Å². The lowest BCUT2D eigenvalue weighted by Gasteiger charge is -2.27. The summed E-state index contributed by atoms with van der Waals surface area (Å²) >= 11 is 0. The Morgan fingerprint density at radius 3 is 2.23 bits per heavy atom. The summed E-state index contributed by atoms with van der Waals surface area (Å²) in [6, 6.07) is 2.17. The van der Waals surface area contributed by atoms with Crippen LogP contribution < -0.4 is 26.6 Å². The second-order valence-electron chi connectivity index (χ2n) is 10.3. The van der Waals surface area contributed by atoms with Crippen molar-refractivity contribution < 1.29 is 39.0 Å². The van der Waals surface area contributed by atoms with E-state index in [4.69, 9.17) is 5.11 Å². The van der Waals surface area contributed by atoms with Gasteiger partial charge in [-0.2, -0.15) is 5.21 Å². The Morgan fingerprint density at radius 1 is 0.930 bits per heavy atom. The van der Waals surface area contributed by atoms with Crippen molar-refractivity contribution >= 4 is 41.2 Å². The molecule has 0 saturated carbocycles. The third kappa shape index (κ3) is 11.1. The highest BCUT2D eigenvalue weighted by Crippen LogP contribution is 2.11. The Morgan fingerprint density at radius 2 is 1.65 bits per heavy atom. The van der Waals surface area contributed by atoms with E-state index < -0.39 is 66.2 Å². The number of aliphatic hydroxyl groups excluding tert-OH is 1. The van der Waals surface area contributed by atoms with Crippen LogP contribution in [-0.2, 0) is 19.2 Å². The van der Waals surface area contributed by atoms with Gasteiger partial charge in [-0.05, 0) is 41.7 Å². The van der Waals surface area contributed by atoms with Gasteiger partial charge in [-0.3, -0.25) is 24.0 Å². The van der Waals surface area contributed by atoms with Crippen LogP contribution in [0.15, 0.2) is 24.3 Å². The van der Waals surface area contributed by atoms with Crippen LogP contribution >= 0.6 is 0 Å². The number of nitrogens with zero attached hydrogens (tertiary/aromatic N) is 3. The highest BCUT2D eigenvalue weighted by atomic mass is 16.4. The van der Waals surface area contributed by atoms with Gasteiger partial charge in [0.1, 0.15) is 18.1 Å². The van der Waals surface area contributed by atoms with Gasteiger partial charge < -0.3 is 36.8 Å². The Labute approximate surface area is 247 Å². The number of benzene rings is 1. The summed E-state index contributed by atoms with van der Waals surface area (Å²) in [5.41, 5.74) is 0.301. The average Bonchev–Trinajstić information content (AvgIpc) is 3.49. The molecule has 0 aliphatic heterocycles. The predicted molar refractivity (Wildman–Crippen MR) is 150 cm³/mol. The zero-order valence-electron chi connectivity index (χ0n) is 24.2. The molecule has 0 aliphatic carbocycles. The number of aromatic nitrogens is 4. The van der Waals surface area contributed by atoms with Crippen LogP contribution in [-0.4, -0.2) is 97.6 Å². The maximum absolute atomic E-state index is 13.2. The first-order valence-corrected chi connectivity index (χ1v) is 13.5. The van der Waals surface area contributed by atoms with E-state index in [1.165, 1.54) is 24.3 Å². The van der Waals surface area contributed by atoms with Crippen molar-refractivity contribution in [2.75, 3.05) is 18.5 Å². The number of H-pyrrole nitrogens is 1. The van der Waals surface area contributed by atoms with Gasteiger partial charge >= 0.3 is 5.97 Å². The molecule has 0 saturated heterocycles. The van der Waals surface area contributed by atoms with Gasteiger partial charge in [-0.15, -0.1) is 10.2 Å². The second kappa shape index (κ2) is 16.5. The molecule has 2 rings (SSSR count). The van der Waals surface area contributed by atoms with Gasteiger partial charge in [0.05, 0.1) is 12.2 Å². The van der Waals surface area contributed by atoms with Gasteiger partial charge in [-0.25, -0.2) is 4.79 Å². The quantitative estimate of drug-likeness (QED) is 0.113. The smallest absolute Gasteiger partial charge is 0.335 e. The molecule has 0 radical (unpaired) electrons. The van der Waals surface area contributed by atoms with Crippen LogP contribution in [0.4, 0.5) is 5.69 Å². The number of amides is 5. The third-order valence-corrected chi connectivity index (χ3v) is 5.98. The molecule has 2 aromatic rings. The van der Waals surface area contributed by atoms with Crippen LogP contribution in [0.3, 0.4) is 0 Å². The standard InChI is InChI=1S/C26H37N9O8/c1-13(2)10-17(22(38)27-9-8-19(37)28-16-7-5-6-15(11-16)26(42)43)29-24(40)20(14(3)4)31-23(39)18(12-36)30-25(41)21-32-34-35-33-21/h5-7,11,13-14,17-18,20,36H,8-10,12H2,1-4H3,(H,27,38)(H,28,37)(H,29,40)(H,30,41)(H,31,39)(H,42,43)(H,32,33,34,35)/t17-,18-,20-/m0/s1. The first-order valence-electron chi connectivity index (χ1n) is 13.5. The third-order valence-electron chi connectivity index (χ3n) is 5.98. The molecule has 234 valence electrons. The minimum absolute atomic E-state index is 0.00734. The molecule has 8 N–H and O–H groups in total. The molecule has 5 amide bonds. The molecule has 1 aromatic heterocycles. The molecule has 1 aromatic carbocycles. The number of aromatic carboxylic acids is 1. The van der Waals surface area contributed by atoms with Gasteiger partial charge in [0, 0.05) is 18.7 Å². The minimum Gasteiger partial charge on any atom is -0.478 e.